The number of hydrogen-bond acceptors (Lipinski definition) is 18. The number of amides is 1. The number of methoxy groups -OCH3 is 1. The Kier molecular flexibility index (Phi) is 19.8. The minimum atomic E-state index is -2.13. The van der Waals surface area contributed by atoms with E-state index in [1.54, 1.807) is 75.3 Å². The molecule has 26 atom stereocenters. The van der Waals surface area contributed by atoms with Crippen molar-refractivity contribution in [1.29, 1.82) is 0 Å². The van der Waals surface area contributed by atoms with E-state index in [9.17, 15) is 50.1 Å². The predicted molar refractivity (Wildman–Crippen MR) is 299 cm³/mol. The van der Waals surface area contributed by atoms with E-state index in [0.717, 1.165) is 0 Å². The summed E-state index contributed by atoms with van der Waals surface area (Å²) in [5.74, 6) is -5.69. The maximum atomic E-state index is 17.9. The molecule has 4 aliphatic carbocycles. The lowest BCUT2D eigenvalue weighted by atomic mass is 9.45. The molecule has 1 amide bonds. The molecule has 81 heavy (non-hydrogen) atoms. The molecule has 20 heteroatoms. The number of likely N-dealkylation sites (N-methyl/N-ethyl adjacent to an activating group) is 1. The van der Waals surface area contributed by atoms with Crippen molar-refractivity contribution in [2.75, 3.05) is 40.8 Å². The number of fused-ring (bicyclic) bond motifs is 5. The molecule has 0 radical (unpaired) electrons. The van der Waals surface area contributed by atoms with Gasteiger partial charge in [0.1, 0.15) is 30.0 Å². The highest BCUT2D eigenvalue weighted by molar-refractivity contribution is 5.93. The molecular weight excluding hydrogens is 1050 g/mol. The van der Waals surface area contributed by atoms with Crippen LogP contribution in [0.2, 0.25) is 0 Å². The first-order valence-electron chi connectivity index (χ1n) is 30.1. The number of nitrogens with zero attached hydrogens (tertiary/aromatic N) is 2. The largest absolute Gasteiger partial charge is 0.459 e. The van der Waals surface area contributed by atoms with Crippen LogP contribution in [-0.4, -0.2) is 212 Å². The van der Waals surface area contributed by atoms with Gasteiger partial charge in [0.25, 0.3) is 5.91 Å². The van der Waals surface area contributed by atoms with Crippen LogP contribution in [0.1, 0.15) is 148 Å². The first kappa shape index (κ1) is 66.0. The summed E-state index contributed by atoms with van der Waals surface area (Å²) < 4.78 is 56.2. The molecule has 464 valence electrons. The molecule has 5 fully saturated rings. The van der Waals surface area contributed by atoms with Crippen LogP contribution in [0.4, 0.5) is 4.39 Å². The summed E-state index contributed by atoms with van der Waals surface area (Å²) in [6.45, 7) is 23.1. The number of hydrogen-bond donors (Lipinski definition) is 8. The molecule has 19 nitrogen and oxygen atoms in total. The van der Waals surface area contributed by atoms with E-state index >= 15 is 4.39 Å². The van der Waals surface area contributed by atoms with Gasteiger partial charge in [-0.15, -0.1) is 0 Å². The second-order valence-electron chi connectivity index (χ2n) is 27.5. The van der Waals surface area contributed by atoms with Gasteiger partial charge < -0.3 is 74.4 Å². The van der Waals surface area contributed by atoms with Gasteiger partial charge in [0.05, 0.1) is 47.6 Å². The van der Waals surface area contributed by atoms with Crippen molar-refractivity contribution < 1.29 is 82.9 Å². The van der Waals surface area contributed by atoms with Crippen molar-refractivity contribution in [2.24, 2.45) is 46.3 Å². The highest BCUT2D eigenvalue weighted by atomic mass is 19.1. The summed E-state index contributed by atoms with van der Waals surface area (Å²) in [5, 5.41) is 88.4. The van der Waals surface area contributed by atoms with Gasteiger partial charge in [-0.05, 0) is 138 Å². The van der Waals surface area contributed by atoms with Crippen molar-refractivity contribution in [3.8, 4) is 0 Å². The molecule has 0 aromatic heterocycles. The molecule has 2 unspecified atom stereocenters. The number of cyclic esters (lactones) is 1. The number of alkyl halides is 1. The number of halogens is 1. The SMILES string of the molecule is CC[C@H]1OC(=O)[C@H](C)[C@@H](O[C@H]2C[C@@](C)(OC)[C@@H](O)[C@H](C)O2)[C@H](C)[C@@H](O[C@@H]2O[C@H](C)C[C@H](N(C)C)[C@H]2O)[C@](C)(O)C[C@@H](C)CN(CCCNC(=O)[C@@]2(O)[C@H](C)CC3C4CC=C5CC(=O)C=C[C@]5(C)[C@@]4(F)[C@@H](O)C[C@@]32C)[C@H](C)[C@@H](O)[C@]1(C)O. The zero-order valence-electron chi connectivity index (χ0n) is 51.3. The highest BCUT2D eigenvalue weighted by Gasteiger charge is 2.75. The number of allylic oxidation sites excluding steroid dienone is 4. The van der Waals surface area contributed by atoms with Crippen molar-refractivity contribution in [3.05, 3.63) is 23.8 Å². The second kappa shape index (κ2) is 24.3. The van der Waals surface area contributed by atoms with Crippen LogP contribution in [0, 0.1) is 46.3 Å². The molecule has 2 saturated carbocycles. The van der Waals surface area contributed by atoms with E-state index in [4.69, 9.17) is 28.4 Å². The van der Waals surface area contributed by atoms with E-state index in [2.05, 4.69) is 5.32 Å². The lowest BCUT2D eigenvalue weighted by Crippen LogP contribution is -2.69. The molecule has 7 aliphatic rings. The van der Waals surface area contributed by atoms with E-state index in [1.807, 2.05) is 43.8 Å². The molecule has 8 N–H and O–H groups in total. The number of ether oxygens (including phenoxy) is 6. The third kappa shape index (κ3) is 11.8. The Bertz CT molecular complexity index is 2310. The second-order valence-corrected chi connectivity index (χ2v) is 27.5. The summed E-state index contributed by atoms with van der Waals surface area (Å²) in [4.78, 5) is 45.6. The molecule has 0 aromatic rings. The summed E-state index contributed by atoms with van der Waals surface area (Å²) in [6.07, 6.45) is -5.64. The third-order valence-electron chi connectivity index (χ3n) is 21.5. The van der Waals surface area contributed by atoms with Gasteiger partial charge in [0, 0.05) is 74.3 Å². The van der Waals surface area contributed by atoms with E-state index in [1.165, 1.54) is 20.1 Å². The Labute approximate surface area is 480 Å². The number of carbonyl (C=O) groups is 3. The third-order valence-corrected chi connectivity index (χ3v) is 21.5. The van der Waals surface area contributed by atoms with Gasteiger partial charge in [0.2, 0.25) is 0 Å². The molecule has 3 saturated heterocycles. The monoisotopic (exact) mass is 1150 g/mol. The Morgan fingerprint density at radius 2 is 1.57 bits per heavy atom. The lowest BCUT2D eigenvalue weighted by Gasteiger charge is -2.61. The van der Waals surface area contributed by atoms with Gasteiger partial charge >= 0.3 is 5.97 Å². The lowest BCUT2D eigenvalue weighted by molar-refractivity contribution is -0.318. The fraction of sp³-hybridized carbons (Fsp3) is 0.885. The van der Waals surface area contributed by atoms with Crippen LogP contribution in [0.25, 0.3) is 0 Å². The summed E-state index contributed by atoms with van der Waals surface area (Å²) in [7, 11) is 5.20. The van der Waals surface area contributed by atoms with Crippen LogP contribution in [0.3, 0.4) is 0 Å². The smallest absolute Gasteiger partial charge is 0.311 e. The van der Waals surface area contributed by atoms with Gasteiger partial charge in [0.15, 0.2) is 29.6 Å². The Hall–Kier alpha value is -2.54. The average molecular weight is 1150 g/mol. The zero-order valence-corrected chi connectivity index (χ0v) is 51.3. The van der Waals surface area contributed by atoms with Crippen molar-refractivity contribution in [1.82, 2.24) is 15.1 Å². The van der Waals surface area contributed by atoms with Gasteiger partial charge in [-0.1, -0.05) is 52.3 Å². The average Bonchev–Trinajstić information content (AvgIpc) is 2.79. The molecule has 3 aliphatic heterocycles. The molecule has 0 spiro atoms. The Morgan fingerprint density at radius 1 is 0.901 bits per heavy atom. The molecule has 3 heterocycles. The van der Waals surface area contributed by atoms with Crippen LogP contribution < -0.4 is 5.32 Å². The summed E-state index contributed by atoms with van der Waals surface area (Å²) in [6, 6.07) is -1.17. The topological polar surface area (TPSA) is 267 Å². The first-order valence-corrected chi connectivity index (χ1v) is 30.1. The highest BCUT2D eigenvalue weighted by Crippen LogP contribution is 2.70. The maximum Gasteiger partial charge on any atom is 0.311 e. The quantitative estimate of drug-likeness (QED) is 0.0776. The molecule has 0 bridgehead atoms. The Balaban J connectivity index is 1.16. The molecule has 0 aromatic carbocycles. The summed E-state index contributed by atoms with van der Waals surface area (Å²) in [5.41, 5.74) is -10.7. The van der Waals surface area contributed by atoms with Crippen LogP contribution in [-0.2, 0) is 42.8 Å². The number of carbonyl (C=O) groups excluding carboxylic acids is 3. The fourth-order valence-electron chi connectivity index (χ4n) is 16.5. The molecule has 7 rings (SSSR count). The number of rotatable bonds is 12. The van der Waals surface area contributed by atoms with Crippen molar-refractivity contribution in [3.63, 3.8) is 0 Å². The fourth-order valence-corrected chi connectivity index (χ4v) is 16.5. The van der Waals surface area contributed by atoms with Crippen LogP contribution in [0.5, 0.6) is 0 Å². The standard InChI is InChI=1S/C61H102FN3O16/c1-17-45-59(13,74)49(69)37(7)65(24-18-23-63-54(72)61(75)33(3)25-42-41-20-19-39-27-40(66)21-22-55(39,9)60(41,62)44(67)29-56(42,61)10)31-32(2)28-57(11,73)51(81-53-47(68)43(64(14)15)26-34(4)77-53)35(5)48(36(6)52(71)79-45)80-46-30-58(12,76-16)50(70)38(8)78-46/h19,21-22,32-38,41-51,53,67-70,73-75H,17-18,20,23-31H2,1-16H3,(H,63,72)/t32-,33-,34-,35+,36-,37-,38+,41?,42?,43+,44+,45-,46+,47-,48+,49-,50+,51-,53+,55+,56+,57-,58-,59-,60+,61+/m1/s1. The first-order chi connectivity index (χ1) is 37.5. The Morgan fingerprint density at radius 3 is 2.20 bits per heavy atom. The number of aliphatic hydroxyl groups excluding tert-OH is 4. The van der Waals surface area contributed by atoms with Crippen LogP contribution in [0.15, 0.2) is 23.8 Å². The minimum Gasteiger partial charge on any atom is -0.459 e. The van der Waals surface area contributed by atoms with Crippen molar-refractivity contribution >= 4 is 17.7 Å². The van der Waals surface area contributed by atoms with Crippen LogP contribution >= 0.6 is 0 Å². The number of nitrogens with one attached hydrogen (secondary N) is 1. The number of esters is 1. The van der Waals surface area contributed by atoms with E-state index < -0.39 is 148 Å². The maximum absolute atomic E-state index is 17.9. The zero-order chi connectivity index (χ0) is 60.5. The van der Waals surface area contributed by atoms with Crippen molar-refractivity contribution in [2.45, 2.75) is 255 Å². The number of aliphatic hydroxyl groups is 7. The molecular formula is C61H102FN3O16. The predicted octanol–water partition coefficient (Wildman–Crippen LogP) is 4.13. The van der Waals surface area contributed by atoms with Gasteiger partial charge in [-0.3, -0.25) is 19.3 Å². The summed E-state index contributed by atoms with van der Waals surface area (Å²) >= 11 is 0. The van der Waals surface area contributed by atoms with Gasteiger partial charge in [-0.25, -0.2) is 4.39 Å². The van der Waals surface area contributed by atoms with E-state index in [0.29, 0.717) is 24.8 Å². The normalized spacial score (nSPS) is 50.3. The van der Waals surface area contributed by atoms with E-state index in [-0.39, 0.29) is 82.0 Å². The van der Waals surface area contributed by atoms with Gasteiger partial charge in [-0.2, -0.15) is 0 Å². The number of ketones is 1. The minimum absolute atomic E-state index is 0.0641.